The second-order valence-electron chi connectivity index (χ2n) is 5.01. The lowest BCUT2D eigenvalue weighted by molar-refractivity contribution is -0.384. The maximum Gasteiger partial charge on any atom is 0.342 e. The lowest BCUT2D eigenvalue weighted by Gasteiger charge is -2.09. The molecule has 0 atom stereocenters. The van der Waals surface area contributed by atoms with Crippen LogP contribution in [0.3, 0.4) is 0 Å². The van der Waals surface area contributed by atoms with E-state index in [1.807, 2.05) is 0 Å². The summed E-state index contributed by atoms with van der Waals surface area (Å²) in [6.45, 7) is 5.81. The van der Waals surface area contributed by atoms with E-state index in [9.17, 15) is 14.9 Å². The fourth-order valence-electron chi connectivity index (χ4n) is 1.77. The van der Waals surface area contributed by atoms with Gasteiger partial charge in [0.15, 0.2) is 0 Å². The average molecular weight is 296 g/mol. The number of nitro groups is 1. The minimum absolute atomic E-state index is 0.212. The Morgan fingerprint density at radius 3 is 2.76 bits per heavy atom. The standard InChI is InChI=1S/C14H20N2O5/c1-10(2)9-21-8-4-7-15-12-6-3-5-11(14(17)18)13(12)16(19)20/h3,5-6,10,15H,4,7-9H2,1-2H3,(H,17,18). The summed E-state index contributed by atoms with van der Waals surface area (Å²) >= 11 is 0. The first-order valence-corrected chi connectivity index (χ1v) is 6.75. The van der Waals surface area contributed by atoms with Crippen LogP contribution in [0.5, 0.6) is 0 Å². The van der Waals surface area contributed by atoms with Gasteiger partial charge >= 0.3 is 11.7 Å². The lowest BCUT2D eigenvalue weighted by atomic mass is 10.1. The maximum atomic E-state index is 11.0. The Balaban J connectivity index is 2.61. The van der Waals surface area contributed by atoms with E-state index in [-0.39, 0.29) is 11.3 Å². The zero-order valence-electron chi connectivity index (χ0n) is 12.2. The number of ether oxygens (including phenoxy) is 1. The van der Waals surface area contributed by atoms with Gasteiger partial charge in [0, 0.05) is 19.8 Å². The van der Waals surface area contributed by atoms with Gasteiger partial charge in [0.1, 0.15) is 11.3 Å². The van der Waals surface area contributed by atoms with Crippen LogP contribution in [0.2, 0.25) is 0 Å². The highest BCUT2D eigenvalue weighted by molar-refractivity contribution is 5.95. The number of hydrogen-bond donors (Lipinski definition) is 2. The van der Waals surface area contributed by atoms with Crippen LogP contribution in [0.25, 0.3) is 0 Å². The van der Waals surface area contributed by atoms with Gasteiger partial charge in [0.05, 0.1) is 4.92 Å². The van der Waals surface area contributed by atoms with E-state index >= 15 is 0 Å². The molecule has 0 bridgehead atoms. The summed E-state index contributed by atoms with van der Waals surface area (Å²) in [5.74, 6) is -0.850. The summed E-state index contributed by atoms with van der Waals surface area (Å²) in [6.07, 6.45) is 0.682. The highest BCUT2D eigenvalue weighted by Gasteiger charge is 2.23. The lowest BCUT2D eigenvalue weighted by Crippen LogP contribution is -2.11. The minimum atomic E-state index is -1.31. The van der Waals surface area contributed by atoms with Gasteiger partial charge in [0.2, 0.25) is 0 Å². The van der Waals surface area contributed by atoms with Crippen molar-refractivity contribution in [3.05, 3.63) is 33.9 Å². The molecule has 0 aliphatic heterocycles. The van der Waals surface area contributed by atoms with Crippen LogP contribution < -0.4 is 5.32 Å². The molecule has 0 aliphatic rings. The molecular formula is C14H20N2O5. The van der Waals surface area contributed by atoms with E-state index in [1.54, 1.807) is 0 Å². The number of nitrogens with one attached hydrogen (secondary N) is 1. The Kier molecular flexibility index (Phi) is 6.61. The summed E-state index contributed by atoms with van der Waals surface area (Å²) in [5, 5.41) is 22.9. The van der Waals surface area contributed by atoms with Crippen LogP contribution in [0.15, 0.2) is 18.2 Å². The van der Waals surface area contributed by atoms with Gasteiger partial charge in [-0.05, 0) is 24.5 Å². The van der Waals surface area contributed by atoms with Crippen molar-refractivity contribution in [1.29, 1.82) is 0 Å². The van der Waals surface area contributed by atoms with Crippen molar-refractivity contribution < 1.29 is 19.6 Å². The van der Waals surface area contributed by atoms with Crippen molar-refractivity contribution in [1.82, 2.24) is 0 Å². The number of rotatable bonds is 9. The van der Waals surface area contributed by atoms with Crippen molar-refractivity contribution >= 4 is 17.3 Å². The number of nitro benzene ring substituents is 1. The van der Waals surface area contributed by atoms with Gasteiger partial charge in [-0.1, -0.05) is 19.9 Å². The van der Waals surface area contributed by atoms with Gasteiger partial charge in [-0.3, -0.25) is 10.1 Å². The molecular weight excluding hydrogens is 276 g/mol. The van der Waals surface area contributed by atoms with Crippen LogP contribution in [0, 0.1) is 16.0 Å². The number of carboxylic acids is 1. The first kappa shape index (κ1) is 16.9. The zero-order valence-corrected chi connectivity index (χ0v) is 12.2. The van der Waals surface area contributed by atoms with E-state index in [2.05, 4.69) is 19.2 Å². The minimum Gasteiger partial charge on any atom is -0.477 e. The molecule has 2 N–H and O–H groups in total. The number of anilines is 1. The third kappa shape index (κ3) is 5.39. The number of carbonyl (C=O) groups is 1. The van der Waals surface area contributed by atoms with Gasteiger partial charge in [-0.15, -0.1) is 0 Å². The number of para-hydroxylation sites is 1. The van der Waals surface area contributed by atoms with E-state index < -0.39 is 16.6 Å². The molecule has 0 aromatic heterocycles. The second kappa shape index (κ2) is 8.21. The molecule has 1 rings (SSSR count). The number of benzene rings is 1. The fraction of sp³-hybridized carbons (Fsp3) is 0.500. The molecule has 7 nitrogen and oxygen atoms in total. The van der Waals surface area contributed by atoms with E-state index in [4.69, 9.17) is 9.84 Å². The Morgan fingerprint density at radius 2 is 2.19 bits per heavy atom. The van der Waals surface area contributed by atoms with Crippen LogP contribution >= 0.6 is 0 Å². The monoisotopic (exact) mass is 296 g/mol. The Hall–Kier alpha value is -2.15. The number of nitrogens with zero attached hydrogens (tertiary/aromatic N) is 1. The number of carboxylic acid groups (broad SMARTS) is 1. The molecule has 0 saturated heterocycles. The Bertz CT molecular complexity index is 502. The smallest absolute Gasteiger partial charge is 0.342 e. The predicted octanol–water partition coefficient (Wildman–Crippen LogP) is 2.77. The van der Waals surface area contributed by atoms with Crippen LogP contribution in [0.1, 0.15) is 30.6 Å². The van der Waals surface area contributed by atoms with Gasteiger partial charge < -0.3 is 15.2 Å². The molecule has 0 spiro atoms. The van der Waals surface area contributed by atoms with Crippen LogP contribution in [-0.4, -0.2) is 35.8 Å². The van der Waals surface area contributed by atoms with E-state index in [1.165, 1.54) is 18.2 Å². The first-order valence-electron chi connectivity index (χ1n) is 6.75. The molecule has 0 amide bonds. The summed E-state index contributed by atoms with van der Waals surface area (Å²) in [7, 11) is 0. The molecule has 0 unspecified atom stereocenters. The maximum absolute atomic E-state index is 11.0. The third-order valence-corrected chi connectivity index (χ3v) is 2.68. The molecule has 116 valence electrons. The molecule has 1 aromatic carbocycles. The molecule has 7 heteroatoms. The molecule has 0 fully saturated rings. The SMILES string of the molecule is CC(C)COCCCNc1cccc(C(=O)O)c1[N+](=O)[O-]. The number of hydrogen-bond acceptors (Lipinski definition) is 5. The Morgan fingerprint density at radius 1 is 1.48 bits per heavy atom. The predicted molar refractivity (Wildman–Crippen MR) is 78.8 cm³/mol. The quantitative estimate of drug-likeness (QED) is 0.413. The second-order valence-corrected chi connectivity index (χ2v) is 5.01. The molecule has 0 radical (unpaired) electrons. The Labute approximate surface area is 123 Å². The average Bonchev–Trinajstić information content (AvgIpc) is 2.41. The summed E-state index contributed by atoms with van der Waals surface area (Å²) in [5.41, 5.74) is -0.516. The summed E-state index contributed by atoms with van der Waals surface area (Å²) in [6, 6.07) is 4.20. The number of aromatic carboxylic acids is 1. The zero-order chi connectivity index (χ0) is 15.8. The van der Waals surface area contributed by atoms with Crippen molar-refractivity contribution in [3.8, 4) is 0 Å². The normalized spacial score (nSPS) is 10.6. The van der Waals surface area contributed by atoms with Crippen molar-refractivity contribution in [2.24, 2.45) is 5.92 Å². The summed E-state index contributed by atoms with van der Waals surface area (Å²) in [4.78, 5) is 21.4. The van der Waals surface area contributed by atoms with Crippen molar-refractivity contribution in [2.75, 3.05) is 25.1 Å². The first-order chi connectivity index (χ1) is 9.93. The highest BCUT2D eigenvalue weighted by atomic mass is 16.6. The van der Waals surface area contributed by atoms with Gasteiger partial charge in [-0.25, -0.2) is 4.79 Å². The highest BCUT2D eigenvalue weighted by Crippen LogP contribution is 2.28. The van der Waals surface area contributed by atoms with Crippen LogP contribution in [0.4, 0.5) is 11.4 Å². The van der Waals surface area contributed by atoms with Gasteiger partial charge in [-0.2, -0.15) is 0 Å². The molecule has 0 saturated carbocycles. The van der Waals surface area contributed by atoms with E-state index in [0.717, 1.165) is 0 Å². The topological polar surface area (TPSA) is 102 Å². The van der Waals surface area contributed by atoms with Gasteiger partial charge in [0.25, 0.3) is 0 Å². The van der Waals surface area contributed by atoms with Crippen molar-refractivity contribution in [3.63, 3.8) is 0 Å². The molecule has 0 heterocycles. The molecule has 21 heavy (non-hydrogen) atoms. The molecule has 1 aromatic rings. The fourth-order valence-corrected chi connectivity index (χ4v) is 1.77. The summed E-state index contributed by atoms with van der Waals surface area (Å²) < 4.78 is 5.40. The van der Waals surface area contributed by atoms with Crippen LogP contribution in [-0.2, 0) is 4.74 Å². The van der Waals surface area contributed by atoms with E-state index in [0.29, 0.717) is 32.1 Å². The molecule has 0 aliphatic carbocycles. The largest absolute Gasteiger partial charge is 0.477 e. The van der Waals surface area contributed by atoms with Crippen molar-refractivity contribution in [2.45, 2.75) is 20.3 Å². The third-order valence-electron chi connectivity index (χ3n) is 2.68.